The van der Waals surface area contributed by atoms with E-state index in [1.54, 1.807) is 12.1 Å². The summed E-state index contributed by atoms with van der Waals surface area (Å²) in [5.41, 5.74) is 1.58. The van der Waals surface area contributed by atoms with Crippen LogP contribution in [0.3, 0.4) is 0 Å². The standard InChI is InChI=1S/C14H21N3O2/c1-3-15-12-7-5-11(6-8-12)14(19)17-10-9-13(18)16-4-2/h5-8,15H,3-4,9-10H2,1-2H3,(H,16,18)(H,17,19). The van der Waals surface area contributed by atoms with E-state index >= 15 is 0 Å². The molecule has 0 aromatic heterocycles. The van der Waals surface area contributed by atoms with Crippen LogP contribution in [0.1, 0.15) is 30.6 Å². The monoisotopic (exact) mass is 263 g/mol. The van der Waals surface area contributed by atoms with Gasteiger partial charge >= 0.3 is 0 Å². The van der Waals surface area contributed by atoms with Gasteiger partial charge in [-0.1, -0.05) is 0 Å². The van der Waals surface area contributed by atoms with Crippen molar-refractivity contribution in [2.24, 2.45) is 0 Å². The predicted molar refractivity (Wildman–Crippen MR) is 76.2 cm³/mol. The maximum atomic E-state index is 11.8. The number of nitrogens with one attached hydrogen (secondary N) is 3. The molecule has 0 saturated heterocycles. The molecule has 3 N–H and O–H groups in total. The van der Waals surface area contributed by atoms with Crippen LogP contribution in [0, 0.1) is 0 Å². The van der Waals surface area contributed by atoms with Gasteiger partial charge in [-0.3, -0.25) is 9.59 Å². The molecule has 0 unspecified atom stereocenters. The Balaban J connectivity index is 2.38. The maximum absolute atomic E-state index is 11.8. The van der Waals surface area contributed by atoms with Crippen molar-refractivity contribution in [3.8, 4) is 0 Å². The minimum atomic E-state index is -0.160. The van der Waals surface area contributed by atoms with Crippen molar-refractivity contribution in [3.63, 3.8) is 0 Å². The second kappa shape index (κ2) is 8.13. The number of amides is 2. The Bertz CT molecular complexity index is 415. The summed E-state index contributed by atoms with van der Waals surface area (Å²) in [6.07, 6.45) is 0.301. The van der Waals surface area contributed by atoms with Crippen molar-refractivity contribution in [2.45, 2.75) is 20.3 Å². The Labute approximate surface area is 113 Å². The van der Waals surface area contributed by atoms with E-state index in [0.717, 1.165) is 12.2 Å². The molecule has 0 aliphatic carbocycles. The van der Waals surface area contributed by atoms with Crippen LogP contribution < -0.4 is 16.0 Å². The summed E-state index contributed by atoms with van der Waals surface area (Å²) >= 11 is 0. The summed E-state index contributed by atoms with van der Waals surface area (Å²) < 4.78 is 0. The Morgan fingerprint density at radius 1 is 1.00 bits per heavy atom. The van der Waals surface area contributed by atoms with E-state index in [-0.39, 0.29) is 11.8 Å². The van der Waals surface area contributed by atoms with E-state index in [1.165, 1.54) is 0 Å². The zero-order valence-corrected chi connectivity index (χ0v) is 11.5. The number of benzene rings is 1. The Morgan fingerprint density at radius 3 is 2.26 bits per heavy atom. The zero-order valence-electron chi connectivity index (χ0n) is 11.5. The van der Waals surface area contributed by atoms with Gasteiger partial charge in [-0.15, -0.1) is 0 Å². The van der Waals surface area contributed by atoms with Crippen molar-refractivity contribution in [1.29, 1.82) is 0 Å². The molecular weight excluding hydrogens is 242 g/mol. The van der Waals surface area contributed by atoms with Crippen molar-refractivity contribution >= 4 is 17.5 Å². The third-order valence-corrected chi connectivity index (χ3v) is 2.54. The van der Waals surface area contributed by atoms with Gasteiger partial charge in [-0.05, 0) is 38.1 Å². The molecule has 5 nitrogen and oxygen atoms in total. The smallest absolute Gasteiger partial charge is 0.251 e. The molecule has 19 heavy (non-hydrogen) atoms. The van der Waals surface area contributed by atoms with Gasteiger partial charge in [0.25, 0.3) is 5.91 Å². The van der Waals surface area contributed by atoms with Gasteiger partial charge in [-0.2, -0.15) is 0 Å². The van der Waals surface area contributed by atoms with Gasteiger partial charge in [0, 0.05) is 37.3 Å². The lowest BCUT2D eigenvalue weighted by Crippen LogP contribution is -2.30. The molecule has 5 heteroatoms. The second-order valence-corrected chi connectivity index (χ2v) is 4.07. The molecule has 0 bridgehead atoms. The van der Waals surface area contributed by atoms with Gasteiger partial charge in [0.15, 0.2) is 0 Å². The number of hydrogen-bond acceptors (Lipinski definition) is 3. The molecule has 0 saturated carbocycles. The van der Waals surface area contributed by atoms with Crippen LogP contribution >= 0.6 is 0 Å². The lowest BCUT2D eigenvalue weighted by Gasteiger charge is -2.07. The topological polar surface area (TPSA) is 70.2 Å². The van der Waals surface area contributed by atoms with Gasteiger partial charge in [0.05, 0.1) is 0 Å². The van der Waals surface area contributed by atoms with E-state index in [4.69, 9.17) is 0 Å². The first-order chi connectivity index (χ1) is 9.17. The normalized spacial score (nSPS) is 9.79. The molecule has 2 amide bonds. The number of carbonyl (C=O) groups is 2. The second-order valence-electron chi connectivity index (χ2n) is 4.07. The first kappa shape index (κ1) is 15.0. The number of carbonyl (C=O) groups excluding carboxylic acids is 2. The fraction of sp³-hybridized carbons (Fsp3) is 0.429. The molecule has 0 spiro atoms. The lowest BCUT2D eigenvalue weighted by atomic mass is 10.2. The van der Waals surface area contributed by atoms with E-state index in [0.29, 0.717) is 25.1 Å². The molecule has 1 rings (SSSR count). The third kappa shape index (κ3) is 5.42. The Kier molecular flexibility index (Phi) is 6.43. The molecule has 0 heterocycles. The highest BCUT2D eigenvalue weighted by atomic mass is 16.2. The summed E-state index contributed by atoms with van der Waals surface area (Å²) in [4.78, 5) is 23.0. The minimum Gasteiger partial charge on any atom is -0.385 e. The molecule has 0 atom stereocenters. The largest absolute Gasteiger partial charge is 0.385 e. The zero-order chi connectivity index (χ0) is 14.1. The summed E-state index contributed by atoms with van der Waals surface area (Å²) in [5, 5.41) is 8.56. The lowest BCUT2D eigenvalue weighted by molar-refractivity contribution is -0.120. The van der Waals surface area contributed by atoms with Crippen LogP contribution in [0.5, 0.6) is 0 Å². The quantitative estimate of drug-likeness (QED) is 0.696. The molecule has 1 aromatic carbocycles. The number of rotatable bonds is 7. The highest BCUT2D eigenvalue weighted by molar-refractivity contribution is 5.94. The summed E-state index contributed by atoms with van der Waals surface area (Å²) in [5.74, 6) is -0.211. The van der Waals surface area contributed by atoms with E-state index < -0.39 is 0 Å². The average molecular weight is 263 g/mol. The molecule has 1 aromatic rings. The van der Waals surface area contributed by atoms with E-state index in [1.807, 2.05) is 26.0 Å². The van der Waals surface area contributed by atoms with Crippen molar-refractivity contribution in [2.75, 3.05) is 25.0 Å². The molecule has 0 radical (unpaired) electrons. The van der Waals surface area contributed by atoms with Crippen LogP contribution in [-0.4, -0.2) is 31.4 Å². The van der Waals surface area contributed by atoms with Crippen molar-refractivity contribution in [3.05, 3.63) is 29.8 Å². The van der Waals surface area contributed by atoms with Gasteiger partial charge < -0.3 is 16.0 Å². The SMILES string of the molecule is CCNC(=O)CCNC(=O)c1ccc(NCC)cc1. The Morgan fingerprint density at radius 2 is 1.68 bits per heavy atom. The predicted octanol–water partition coefficient (Wildman–Crippen LogP) is 1.37. The maximum Gasteiger partial charge on any atom is 0.251 e. The molecular formula is C14H21N3O2. The van der Waals surface area contributed by atoms with Gasteiger partial charge in [0.2, 0.25) is 5.91 Å². The minimum absolute atomic E-state index is 0.0507. The van der Waals surface area contributed by atoms with E-state index in [2.05, 4.69) is 16.0 Å². The average Bonchev–Trinajstić information content (AvgIpc) is 2.40. The third-order valence-electron chi connectivity index (χ3n) is 2.54. The van der Waals surface area contributed by atoms with Crippen molar-refractivity contribution in [1.82, 2.24) is 10.6 Å². The van der Waals surface area contributed by atoms with Gasteiger partial charge in [0.1, 0.15) is 0 Å². The highest BCUT2D eigenvalue weighted by Gasteiger charge is 2.06. The van der Waals surface area contributed by atoms with Crippen LogP contribution in [0.4, 0.5) is 5.69 Å². The number of anilines is 1. The highest BCUT2D eigenvalue weighted by Crippen LogP contribution is 2.08. The van der Waals surface area contributed by atoms with Crippen LogP contribution in [0.2, 0.25) is 0 Å². The first-order valence-electron chi connectivity index (χ1n) is 6.56. The fourth-order valence-electron chi connectivity index (χ4n) is 1.62. The van der Waals surface area contributed by atoms with E-state index in [9.17, 15) is 9.59 Å². The Hall–Kier alpha value is -2.04. The first-order valence-corrected chi connectivity index (χ1v) is 6.56. The molecule has 0 aliphatic rings. The van der Waals surface area contributed by atoms with Gasteiger partial charge in [-0.25, -0.2) is 0 Å². The summed E-state index contributed by atoms with van der Waals surface area (Å²) in [6.45, 7) is 5.68. The van der Waals surface area contributed by atoms with Crippen LogP contribution in [-0.2, 0) is 4.79 Å². The summed E-state index contributed by atoms with van der Waals surface area (Å²) in [6, 6.07) is 7.25. The number of hydrogen-bond donors (Lipinski definition) is 3. The van der Waals surface area contributed by atoms with Crippen LogP contribution in [0.15, 0.2) is 24.3 Å². The van der Waals surface area contributed by atoms with Crippen molar-refractivity contribution < 1.29 is 9.59 Å². The van der Waals surface area contributed by atoms with Crippen LogP contribution in [0.25, 0.3) is 0 Å². The summed E-state index contributed by atoms with van der Waals surface area (Å²) in [7, 11) is 0. The fourth-order valence-corrected chi connectivity index (χ4v) is 1.62. The molecule has 0 fully saturated rings. The molecule has 104 valence electrons. The molecule has 0 aliphatic heterocycles.